The van der Waals surface area contributed by atoms with E-state index in [-0.39, 0.29) is 5.91 Å². The quantitative estimate of drug-likeness (QED) is 0.489. The first-order chi connectivity index (χ1) is 14.1. The summed E-state index contributed by atoms with van der Waals surface area (Å²) in [7, 11) is 0. The highest BCUT2D eigenvalue weighted by molar-refractivity contribution is 6.02. The molecule has 0 fully saturated rings. The molecule has 2 aromatic carbocycles. The Morgan fingerprint density at radius 1 is 0.931 bits per heavy atom. The van der Waals surface area contributed by atoms with Gasteiger partial charge in [0.1, 0.15) is 11.4 Å². The highest BCUT2D eigenvalue weighted by Gasteiger charge is 2.43. The van der Waals surface area contributed by atoms with Gasteiger partial charge in [-0.1, -0.05) is 69.9 Å². The Morgan fingerprint density at radius 2 is 1.66 bits per heavy atom. The minimum atomic E-state index is -0.653. The maximum atomic E-state index is 13.3. The van der Waals surface area contributed by atoms with E-state index < -0.39 is 5.66 Å². The van der Waals surface area contributed by atoms with Crippen LogP contribution in [0.1, 0.15) is 75.2 Å². The van der Waals surface area contributed by atoms with Crippen molar-refractivity contribution in [3.05, 3.63) is 59.7 Å². The number of rotatable bonds is 10. The van der Waals surface area contributed by atoms with Crippen molar-refractivity contribution < 1.29 is 9.53 Å². The molecule has 0 bridgehead atoms. The lowest BCUT2D eigenvalue weighted by molar-refractivity contribution is 0.0529. The smallest absolute Gasteiger partial charge is 0.258 e. The number of para-hydroxylation sites is 2. The lowest BCUT2D eigenvalue weighted by Gasteiger charge is -2.47. The third-order valence-electron chi connectivity index (χ3n) is 5.68. The average molecular weight is 395 g/mol. The van der Waals surface area contributed by atoms with Crippen LogP contribution < -0.4 is 10.1 Å². The van der Waals surface area contributed by atoms with Gasteiger partial charge in [0.2, 0.25) is 0 Å². The summed E-state index contributed by atoms with van der Waals surface area (Å²) in [6.07, 6.45) is 6.93. The van der Waals surface area contributed by atoms with Crippen molar-refractivity contribution in [2.24, 2.45) is 0 Å². The van der Waals surface area contributed by atoms with Crippen molar-refractivity contribution in [3.63, 3.8) is 0 Å². The number of carbonyl (C=O) groups is 1. The van der Waals surface area contributed by atoms with Gasteiger partial charge in [-0.25, -0.2) is 0 Å². The molecule has 156 valence electrons. The maximum absolute atomic E-state index is 13.3. The van der Waals surface area contributed by atoms with E-state index >= 15 is 0 Å². The Hall–Kier alpha value is -2.49. The average Bonchev–Trinajstić information content (AvgIpc) is 2.74. The number of amides is 1. The van der Waals surface area contributed by atoms with E-state index in [9.17, 15) is 4.79 Å². The predicted molar refractivity (Wildman–Crippen MR) is 119 cm³/mol. The van der Waals surface area contributed by atoms with Gasteiger partial charge in [-0.3, -0.25) is 4.79 Å². The molecule has 1 atom stereocenters. The molecule has 1 amide bonds. The zero-order chi connectivity index (χ0) is 20.7. The maximum Gasteiger partial charge on any atom is 0.258 e. The number of carbonyl (C=O) groups excluding carboxylic acids is 1. The molecule has 2 aromatic rings. The topological polar surface area (TPSA) is 41.6 Å². The minimum absolute atomic E-state index is 0.0677. The number of ether oxygens (including phenoxy) is 1. The molecule has 0 spiro atoms. The standard InChI is InChI=1S/C25H34N2O2/c1-4-6-7-8-13-19-29-23-17-12-10-15-21(23)25(3)26-22-16-11-9-14-20(22)24(28)27(25)18-5-2/h9-12,14-17,26H,4-8,13,18-19H2,1-3H3. The first-order valence-corrected chi connectivity index (χ1v) is 11.0. The number of fused-ring (bicyclic) bond motifs is 1. The van der Waals surface area contributed by atoms with Gasteiger partial charge in [-0.15, -0.1) is 0 Å². The van der Waals surface area contributed by atoms with Gasteiger partial charge in [0.25, 0.3) is 5.91 Å². The lowest BCUT2D eigenvalue weighted by atomic mass is 9.92. The van der Waals surface area contributed by atoms with Crippen molar-refractivity contribution in [1.82, 2.24) is 4.90 Å². The number of benzene rings is 2. The molecular formula is C25H34N2O2. The molecule has 1 aliphatic heterocycles. The van der Waals surface area contributed by atoms with E-state index in [2.05, 4.69) is 32.2 Å². The molecule has 1 aliphatic rings. The van der Waals surface area contributed by atoms with Gasteiger partial charge in [-0.2, -0.15) is 0 Å². The van der Waals surface area contributed by atoms with Crippen molar-refractivity contribution in [3.8, 4) is 5.75 Å². The van der Waals surface area contributed by atoms with Gasteiger partial charge in [0, 0.05) is 17.8 Å². The first kappa shape index (κ1) is 21.2. The van der Waals surface area contributed by atoms with E-state index in [4.69, 9.17) is 4.74 Å². The van der Waals surface area contributed by atoms with Crippen LogP contribution in [0, 0.1) is 0 Å². The molecule has 0 saturated carbocycles. The minimum Gasteiger partial charge on any atom is -0.493 e. The number of hydrogen-bond acceptors (Lipinski definition) is 3. The van der Waals surface area contributed by atoms with Gasteiger partial charge in [0.05, 0.1) is 12.2 Å². The van der Waals surface area contributed by atoms with E-state index in [1.54, 1.807) is 0 Å². The molecule has 0 aromatic heterocycles. The van der Waals surface area contributed by atoms with Crippen molar-refractivity contribution in [1.29, 1.82) is 0 Å². The van der Waals surface area contributed by atoms with Gasteiger partial charge in [0.15, 0.2) is 0 Å². The molecule has 1 heterocycles. The van der Waals surface area contributed by atoms with E-state index in [1.807, 2.05) is 47.4 Å². The third-order valence-corrected chi connectivity index (χ3v) is 5.68. The van der Waals surface area contributed by atoms with E-state index in [0.717, 1.165) is 35.4 Å². The second kappa shape index (κ2) is 9.82. The monoisotopic (exact) mass is 394 g/mol. The molecule has 0 radical (unpaired) electrons. The number of anilines is 1. The second-order valence-corrected chi connectivity index (χ2v) is 7.96. The fraction of sp³-hybridized carbons (Fsp3) is 0.480. The number of unbranched alkanes of at least 4 members (excludes halogenated alkanes) is 4. The van der Waals surface area contributed by atoms with Gasteiger partial charge < -0.3 is 15.0 Å². The van der Waals surface area contributed by atoms with Crippen LogP contribution in [0.5, 0.6) is 5.75 Å². The van der Waals surface area contributed by atoms with Crippen LogP contribution in [0.2, 0.25) is 0 Å². The van der Waals surface area contributed by atoms with E-state index in [0.29, 0.717) is 13.2 Å². The Morgan fingerprint density at radius 3 is 2.45 bits per heavy atom. The summed E-state index contributed by atoms with van der Waals surface area (Å²) in [6, 6.07) is 15.9. The summed E-state index contributed by atoms with van der Waals surface area (Å²) >= 11 is 0. The Bertz CT molecular complexity index is 820. The van der Waals surface area contributed by atoms with Gasteiger partial charge in [-0.05, 0) is 38.0 Å². The molecule has 3 rings (SSSR count). The fourth-order valence-corrected chi connectivity index (χ4v) is 4.10. The molecule has 0 saturated heterocycles. The third kappa shape index (κ3) is 4.58. The molecule has 4 heteroatoms. The number of nitrogens with one attached hydrogen (secondary N) is 1. The van der Waals surface area contributed by atoms with Crippen LogP contribution in [-0.2, 0) is 5.66 Å². The van der Waals surface area contributed by atoms with E-state index in [1.165, 1.54) is 25.7 Å². The highest BCUT2D eigenvalue weighted by atomic mass is 16.5. The van der Waals surface area contributed by atoms with Crippen LogP contribution in [0.15, 0.2) is 48.5 Å². The molecule has 29 heavy (non-hydrogen) atoms. The molecule has 0 aliphatic carbocycles. The predicted octanol–water partition coefficient (Wildman–Crippen LogP) is 6.19. The second-order valence-electron chi connectivity index (χ2n) is 7.96. The van der Waals surface area contributed by atoms with Crippen LogP contribution >= 0.6 is 0 Å². The van der Waals surface area contributed by atoms with Crippen LogP contribution in [0.25, 0.3) is 0 Å². The zero-order valence-corrected chi connectivity index (χ0v) is 18.0. The summed E-state index contributed by atoms with van der Waals surface area (Å²) < 4.78 is 6.21. The molecule has 1 unspecified atom stereocenters. The summed E-state index contributed by atoms with van der Waals surface area (Å²) in [4.78, 5) is 15.3. The van der Waals surface area contributed by atoms with Crippen molar-refractivity contribution >= 4 is 11.6 Å². The summed E-state index contributed by atoms with van der Waals surface area (Å²) in [5, 5.41) is 3.64. The van der Waals surface area contributed by atoms with Crippen molar-refractivity contribution in [2.75, 3.05) is 18.5 Å². The SMILES string of the molecule is CCCCCCCOc1ccccc1C1(C)Nc2ccccc2C(=O)N1CCC. The van der Waals surface area contributed by atoms with Crippen LogP contribution in [-0.4, -0.2) is 24.0 Å². The largest absolute Gasteiger partial charge is 0.493 e. The number of nitrogens with zero attached hydrogens (tertiary/aromatic N) is 1. The Kier molecular flexibility index (Phi) is 7.18. The zero-order valence-electron chi connectivity index (χ0n) is 18.0. The highest BCUT2D eigenvalue weighted by Crippen LogP contribution is 2.41. The Balaban J connectivity index is 1.86. The molecule has 1 N–H and O–H groups in total. The number of hydrogen-bond donors (Lipinski definition) is 1. The summed E-state index contributed by atoms with van der Waals surface area (Å²) in [5.74, 6) is 0.921. The normalized spacial score (nSPS) is 18.3. The van der Waals surface area contributed by atoms with Gasteiger partial charge >= 0.3 is 0 Å². The first-order valence-electron chi connectivity index (χ1n) is 11.0. The summed E-state index contributed by atoms with van der Waals surface area (Å²) in [6.45, 7) is 7.80. The van der Waals surface area contributed by atoms with Crippen molar-refractivity contribution in [2.45, 2.75) is 65.0 Å². The lowest BCUT2D eigenvalue weighted by Crippen LogP contribution is -2.56. The Labute approximate surface area is 175 Å². The fourth-order valence-electron chi connectivity index (χ4n) is 4.10. The molecular weight excluding hydrogens is 360 g/mol. The molecule has 4 nitrogen and oxygen atoms in total. The van der Waals surface area contributed by atoms with Crippen LogP contribution in [0.3, 0.4) is 0 Å². The van der Waals surface area contributed by atoms with Crippen LogP contribution in [0.4, 0.5) is 5.69 Å². The summed E-state index contributed by atoms with van der Waals surface area (Å²) in [5.41, 5.74) is 1.96.